The van der Waals surface area contributed by atoms with E-state index in [4.69, 9.17) is 4.98 Å². The number of sulfonamides is 1. The number of amides is 1. The maximum Gasteiger partial charge on any atom is 0.248 e. The van der Waals surface area contributed by atoms with Gasteiger partial charge in [0.15, 0.2) is 0 Å². The third-order valence-corrected chi connectivity index (χ3v) is 9.17. The Morgan fingerprint density at radius 3 is 2.51 bits per heavy atom. The zero-order valence-electron chi connectivity index (χ0n) is 21.0. The number of piperidine rings is 1. The van der Waals surface area contributed by atoms with Gasteiger partial charge >= 0.3 is 0 Å². The first-order valence-corrected chi connectivity index (χ1v) is 13.9. The van der Waals surface area contributed by atoms with E-state index in [-0.39, 0.29) is 47.4 Å². The summed E-state index contributed by atoms with van der Waals surface area (Å²) in [5, 5.41) is 2.62. The van der Waals surface area contributed by atoms with Crippen LogP contribution in [0.2, 0.25) is 0 Å². The summed E-state index contributed by atoms with van der Waals surface area (Å²) in [7, 11) is -2.23. The van der Waals surface area contributed by atoms with E-state index in [0.29, 0.717) is 44.3 Å². The van der Waals surface area contributed by atoms with Crippen LogP contribution < -0.4 is 5.32 Å². The highest BCUT2D eigenvalue weighted by molar-refractivity contribution is 7.89. The van der Waals surface area contributed by atoms with Crippen molar-refractivity contribution in [1.82, 2.24) is 19.2 Å². The summed E-state index contributed by atoms with van der Waals surface area (Å²) in [4.78, 5) is 17.1. The molecule has 1 aliphatic carbocycles. The minimum absolute atomic E-state index is 0.0928. The quantitative estimate of drug-likeness (QED) is 0.650. The van der Waals surface area contributed by atoms with Gasteiger partial charge in [-0.2, -0.15) is 4.31 Å². The van der Waals surface area contributed by atoms with Gasteiger partial charge in [-0.05, 0) is 49.8 Å². The van der Waals surface area contributed by atoms with Crippen molar-refractivity contribution in [2.45, 2.75) is 82.1 Å². The van der Waals surface area contributed by atoms with E-state index in [9.17, 15) is 22.0 Å². The monoisotopic (exact) mass is 510 g/mol. The lowest BCUT2D eigenvalue weighted by atomic mass is 9.86. The summed E-state index contributed by atoms with van der Waals surface area (Å²) in [6.45, 7) is 7.26. The smallest absolute Gasteiger partial charge is 0.248 e. The molecule has 1 aromatic heterocycles. The highest BCUT2D eigenvalue weighted by Gasteiger charge is 2.36. The number of carbonyl (C=O) groups is 1. The largest absolute Gasteiger partial charge is 0.359 e. The molecule has 1 atom stereocenters. The molecule has 1 aromatic carbocycles. The third kappa shape index (κ3) is 5.38. The molecule has 4 rings (SSSR count). The number of nitrogens with zero attached hydrogens (tertiary/aromatic N) is 3. The molecule has 1 amide bonds. The molecule has 0 bridgehead atoms. The number of carbonyl (C=O) groups excluding carboxylic acids is 1. The maximum absolute atomic E-state index is 13.7. The third-order valence-electron chi connectivity index (χ3n) is 7.31. The van der Waals surface area contributed by atoms with Gasteiger partial charge in [-0.15, -0.1) is 0 Å². The normalized spacial score (nSPS) is 22.4. The van der Waals surface area contributed by atoms with E-state index < -0.39 is 15.9 Å². The van der Waals surface area contributed by atoms with E-state index >= 15 is 0 Å². The molecule has 2 aromatic rings. The molecular weight excluding hydrogens is 474 g/mol. The van der Waals surface area contributed by atoms with Crippen molar-refractivity contribution in [3.05, 3.63) is 24.0 Å². The summed E-state index contributed by atoms with van der Waals surface area (Å²) >= 11 is 0. The van der Waals surface area contributed by atoms with Crippen LogP contribution in [0.5, 0.6) is 0 Å². The van der Waals surface area contributed by atoms with Gasteiger partial charge in [0.05, 0.1) is 21.8 Å². The van der Waals surface area contributed by atoms with Gasteiger partial charge in [-0.3, -0.25) is 4.79 Å². The minimum Gasteiger partial charge on any atom is -0.359 e. The summed E-state index contributed by atoms with van der Waals surface area (Å²) in [5.41, 5.74) is 1.09. The maximum atomic E-state index is 13.7. The summed E-state index contributed by atoms with van der Waals surface area (Å²) in [6, 6.07) is 4.98. The predicted molar refractivity (Wildman–Crippen MR) is 131 cm³/mol. The Balaban J connectivity index is 1.65. The first-order chi connectivity index (χ1) is 16.3. The van der Waals surface area contributed by atoms with Gasteiger partial charge in [-0.25, -0.2) is 22.2 Å². The molecular formula is C25H36F2N4O3S. The number of hydrogen-bond donors (Lipinski definition) is 1. The van der Waals surface area contributed by atoms with Crippen LogP contribution in [0.15, 0.2) is 23.1 Å². The fourth-order valence-corrected chi connectivity index (χ4v) is 6.84. The highest BCUT2D eigenvalue weighted by atomic mass is 32.2. The first-order valence-electron chi connectivity index (χ1n) is 12.4. The number of imidazole rings is 1. The van der Waals surface area contributed by atoms with Crippen LogP contribution in [-0.4, -0.2) is 54.2 Å². The van der Waals surface area contributed by atoms with Crippen LogP contribution in [0.1, 0.15) is 65.1 Å². The molecule has 0 spiro atoms. The van der Waals surface area contributed by atoms with Crippen LogP contribution in [0, 0.1) is 11.8 Å². The van der Waals surface area contributed by atoms with Gasteiger partial charge in [0.1, 0.15) is 5.82 Å². The van der Waals surface area contributed by atoms with Gasteiger partial charge < -0.3 is 9.88 Å². The van der Waals surface area contributed by atoms with Crippen molar-refractivity contribution in [2.24, 2.45) is 11.8 Å². The standard InChI is InChI=1S/C25H36F2N4O3S/c1-24(2,3)23-29-20-14-19(35(33,34)30-13-5-6-18(16-30)22(32)28-4)7-8-21(20)31(23)15-17-9-11-25(26,27)12-10-17/h7-8,14,17-18H,5-6,9-13,15-16H2,1-4H3,(H,28,32)/t18-/m0/s1. The van der Waals surface area contributed by atoms with E-state index in [0.717, 1.165) is 11.3 Å². The van der Waals surface area contributed by atoms with Crippen molar-refractivity contribution in [1.29, 1.82) is 0 Å². The molecule has 1 N–H and O–H groups in total. The molecule has 1 saturated carbocycles. The van der Waals surface area contributed by atoms with Crippen molar-refractivity contribution in [2.75, 3.05) is 20.1 Å². The molecule has 0 unspecified atom stereocenters. The lowest BCUT2D eigenvalue weighted by molar-refractivity contribution is -0.125. The first kappa shape index (κ1) is 26.0. The average Bonchev–Trinajstić information content (AvgIpc) is 3.18. The van der Waals surface area contributed by atoms with Gasteiger partial charge in [-0.1, -0.05) is 20.8 Å². The van der Waals surface area contributed by atoms with Gasteiger partial charge in [0.2, 0.25) is 21.9 Å². The lowest BCUT2D eigenvalue weighted by Crippen LogP contribution is -2.44. The number of halogens is 2. The van der Waals surface area contributed by atoms with E-state index in [1.54, 1.807) is 25.2 Å². The van der Waals surface area contributed by atoms with Crippen molar-refractivity contribution in [3.63, 3.8) is 0 Å². The molecule has 10 heteroatoms. The SMILES string of the molecule is CNC(=O)[C@H]1CCCN(S(=O)(=O)c2ccc3c(c2)nc(C(C)(C)C)n3CC2CCC(F)(F)CC2)C1. The fourth-order valence-electron chi connectivity index (χ4n) is 5.30. The molecule has 35 heavy (non-hydrogen) atoms. The topological polar surface area (TPSA) is 84.3 Å². The van der Waals surface area contributed by atoms with Crippen molar-refractivity contribution >= 4 is 27.0 Å². The molecule has 1 aliphatic heterocycles. The molecule has 1 saturated heterocycles. The van der Waals surface area contributed by atoms with Gasteiger partial charge in [0, 0.05) is 44.9 Å². The Morgan fingerprint density at radius 2 is 1.89 bits per heavy atom. The Morgan fingerprint density at radius 1 is 1.20 bits per heavy atom. The summed E-state index contributed by atoms with van der Waals surface area (Å²) in [5.74, 6) is -2.13. The molecule has 194 valence electrons. The number of alkyl halides is 2. The highest BCUT2D eigenvalue weighted by Crippen LogP contribution is 2.38. The second kappa shape index (κ2) is 9.42. The van der Waals surface area contributed by atoms with E-state index in [1.807, 2.05) is 20.8 Å². The van der Waals surface area contributed by atoms with Gasteiger partial charge in [0.25, 0.3) is 0 Å². The zero-order chi connectivity index (χ0) is 25.6. The van der Waals surface area contributed by atoms with Crippen LogP contribution in [0.3, 0.4) is 0 Å². The molecule has 7 nitrogen and oxygen atoms in total. The zero-order valence-corrected chi connectivity index (χ0v) is 21.8. The number of rotatable bonds is 5. The Labute approximate surface area is 206 Å². The fraction of sp³-hybridized carbons (Fsp3) is 0.680. The Bertz CT molecular complexity index is 1190. The predicted octanol–water partition coefficient (Wildman–Crippen LogP) is 4.31. The molecule has 2 fully saturated rings. The number of hydrogen-bond acceptors (Lipinski definition) is 4. The van der Waals surface area contributed by atoms with Crippen molar-refractivity contribution < 1.29 is 22.0 Å². The minimum atomic E-state index is -3.79. The van der Waals surface area contributed by atoms with Crippen LogP contribution in [0.25, 0.3) is 11.0 Å². The summed E-state index contributed by atoms with van der Waals surface area (Å²) < 4.78 is 57.7. The lowest BCUT2D eigenvalue weighted by Gasteiger charge is -2.31. The number of aromatic nitrogens is 2. The van der Waals surface area contributed by atoms with Crippen LogP contribution >= 0.6 is 0 Å². The summed E-state index contributed by atoms with van der Waals surface area (Å²) in [6.07, 6.45) is 2.03. The Hall–Kier alpha value is -2.07. The van der Waals surface area contributed by atoms with E-state index in [1.165, 1.54) is 4.31 Å². The second-order valence-corrected chi connectivity index (χ2v) is 13.0. The number of nitrogens with one attached hydrogen (secondary N) is 1. The number of benzene rings is 1. The van der Waals surface area contributed by atoms with Crippen LogP contribution in [-0.2, 0) is 26.8 Å². The second-order valence-electron chi connectivity index (χ2n) is 11.1. The van der Waals surface area contributed by atoms with Crippen molar-refractivity contribution in [3.8, 4) is 0 Å². The molecule has 2 aliphatic rings. The van der Waals surface area contributed by atoms with E-state index in [2.05, 4.69) is 9.88 Å². The number of fused-ring (bicyclic) bond motifs is 1. The average molecular weight is 511 g/mol. The van der Waals surface area contributed by atoms with Crippen LogP contribution in [0.4, 0.5) is 8.78 Å². The Kier molecular flexibility index (Phi) is 7.00. The molecule has 0 radical (unpaired) electrons. The molecule has 2 heterocycles.